The number of esters is 1. The molecule has 4 rings (SSSR count). The molecule has 3 aliphatic rings. The van der Waals surface area contributed by atoms with Gasteiger partial charge in [0.25, 0.3) is 0 Å². The van der Waals surface area contributed by atoms with E-state index in [1.54, 1.807) is 22.8 Å². The number of nitrogens with zero attached hydrogens (tertiary/aromatic N) is 2. The number of ether oxygens (including phenoxy) is 2. The van der Waals surface area contributed by atoms with Gasteiger partial charge in [-0.15, -0.1) is 6.58 Å². The van der Waals surface area contributed by atoms with Gasteiger partial charge in [0.2, 0.25) is 11.8 Å². The molecule has 202 valence electrons. The van der Waals surface area contributed by atoms with E-state index in [9.17, 15) is 19.5 Å². The Morgan fingerprint density at radius 3 is 2.70 bits per heavy atom. The van der Waals surface area contributed by atoms with Crippen molar-refractivity contribution in [1.29, 1.82) is 0 Å². The van der Waals surface area contributed by atoms with Gasteiger partial charge < -0.3 is 24.4 Å². The van der Waals surface area contributed by atoms with Crippen molar-refractivity contribution in [2.75, 3.05) is 26.3 Å². The zero-order valence-electron chi connectivity index (χ0n) is 22.0. The number of hydrogen-bond acceptors (Lipinski definition) is 6. The summed E-state index contributed by atoms with van der Waals surface area (Å²) in [6.07, 6.45) is 5.59. The van der Waals surface area contributed by atoms with E-state index in [2.05, 4.69) is 13.5 Å². The minimum absolute atomic E-state index is 0.205. The molecule has 8 heteroatoms. The molecule has 8 nitrogen and oxygen atoms in total. The molecule has 1 aromatic carbocycles. The van der Waals surface area contributed by atoms with Crippen LogP contribution in [0.25, 0.3) is 0 Å². The zero-order chi connectivity index (χ0) is 26.6. The summed E-state index contributed by atoms with van der Waals surface area (Å²) in [5.74, 6) is -2.50. The monoisotopic (exact) mass is 512 g/mol. The van der Waals surface area contributed by atoms with Crippen LogP contribution in [-0.2, 0) is 30.3 Å². The first kappa shape index (κ1) is 27.3. The molecule has 2 bridgehead atoms. The van der Waals surface area contributed by atoms with Gasteiger partial charge in [-0.2, -0.15) is 0 Å². The van der Waals surface area contributed by atoms with Gasteiger partial charge in [-0.3, -0.25) is 14.4 Å². The number of carbonyl (C=O) groups is 3. The largest absolute Gasteiger partial charge is 0.466 e. The van der Waals surface area contributed by atoms with Crippen molar-refractivity contribution in [2.24, 2.45) is 11.8 Å². The summed E-state index contributed by atoms with van der Waals surface area (Å²) >= 11 is 0. The predicted octanol–water partition coefficient (Wildman–Crippen LogP) is 2.73. The maximum absolute atomic E-state index is 14.3. The second-order valence-electron chi connectivity index (χ2n) is 10.4. The molecule has 1 aromatic rings. The molecule has 1 N–H and O–H groups in total. The fraction of sp³-hybridized carbons (Fsp3) is 0.621. The summed E-state index contributed by atoms with van der Waals surface area (Å²) in [5.41, 5.74) is -0.155. The summed E-state index contributed by atoms with van der Waals surface area (Å²) in [6, 6.07) is 8.06. The third-order valence-corrected chi connectivity index (χ3v) is 8.14. The topological polar surface area (TPSA) is 96.4 Å². The Hall–Kier alpha value is -2.71. The van der Waals surface area contributed by atoms with E-state index in [-0.39, 0.29) is 25.0 Å². The molecule has 0 aliphatic carbocycles. The lowest BCUT2D eigenvalue weighted by Gasteiger charge is -2.39. The van der Waals surface area contributed by atoms with E-state index >= 15 is 0 Å². The van der Waals surface area contributed by atoms with Crippen molar-refractivity contribution in [3.05, 3.63) is 48.6 Å². The van der Waals surface area contributed by atoms with Crippen LogP contribution in [0.3, 0.4) is 0 Å². The molecule has 6 atom stereocenters. The summed E-state index contributed by atoms with van der Waals surface area (Å²) in [4.78, 5) is 44.8. The number of unbranched alkanes of at least 4 members (excludes halogenated alkanes) is 2. The van der Waals surface area contributed by atoms with Gasteiger partial charge in [0.1, 0.15) is 11.6 Å². The number of aliphatic hydroxyl groups is 1. The molecule has 1 spiro atoms. The number of likely N-dealkylation sites (tertiary alicyclic amines) is 1. The molecule has 3 saturated heterocycles. The Labute approximate surface area is 219 Å². The molecule has 0 radical (unpaired) electrons. The maximum Gasteiger partial charge on any atom is 0.312 e. The highest BCUT2D eigenvalue weighted by Gasteiger charge is 2.75. The second kappa shape index (κ2) is 11.8. The average molecular weight is 513 g/mol. The Balaban J connectivity index is 1.74. The number of benzene rings is 1. The number of carbonyl (C=O) groups excluding carboxylic acids is 3. The second-order valence-corrected chi connectivity index (χ2v) is 10.4. The van der Waals surface area contributed by atoms with Crippen LogP contribution in [0, 0.1) is 11.8 Å². The molecule has 2 unspecified atom stereocenters. The number of aliphatic hydroxyl groups excluding tert-OH is 1. The molecule has 0 aromatic heterocycles. The van der Waals surface area contributed by atoms with Gasteiger partial charge in [-0.05, 0) is 38.2 Å². The number of hydrogen-bond donors (Lipinski definition) is 1. The van der Waals surface area contributed by atoms with E-state index < -0.39 is 41.6 Å². The first-order valence-electron chi connectivity index (χ1n) is 13.6. The SMILES string of the molecule is C=CCN(CCCCC)C(=O)C1N([C@@H](CO)Cc2ccccc2)C(=O)[C@@H]2[C@@H](C(=O)OCC)[C@H]3CCC12O3. The number of fused-ring (bicyclic) bond motifs is 1. The molecule has 2 amide bonds. The summed E-state index contributed by atoms with van der Waals surface area (Å²) < 4.78 is 11.8. The van der Waals surface area contributed by atoms with Crippen molar-refractivity contribution >= 4 is 17.8 Å². The maximum atomic E-state index is 14.3. The van der Waals surface area contributed by atoms with E-state index in [0.717, 1.165) is 24.8 Å². The Kier molecular flexibility index (Phi) is 8.70. The van der Waals surface area contributed by atoms with Gasteiger partial charge in [-0.25, -0.2) is 0 Å². The van der Waals surface area contributed by atoms with Gasteiger partial charge in [0.15, 0.2) is 0 Å². The molecular weight excluding hydrogens is 472 g/mol. The normalized spacial score (nSPS) is 28.7. The number of amides is 2. The van der Waals surface area contributed by atoms with Crippen LogP contribution in [0.1, 0.15) is 51.5 Å². The van der Waals surface area contributed by atoms with E-state index in [4.69, 9.17) is 9.47 Å². The highest BCUT2D eigenvalue weighted by Crippen LogP contribution is 2.59. The Bertz CT molecular complexity index is 984. The Morgan fingerprint density at radius 1 is 1.30 bits per heavy atom. The fourth-order valence-corrected chi connectivity index (χ4v) is 6.58. The highest BCUT2D eigenvalue weighted by molar-refractivity contribution is 5.98. The molecule has 3 heterocycles. The van der Waals surface area contributed by atoms with Gasteiger partial charge in [-0.1, -0.05) is 56.2 Å². The van der Waals surface area contributed by atoms with Crippen LogP contribution in [0.15, 0.2) is 43.0 Å². The van der Waals surface area contributed by atoms with Crippen molar-refractivity contribution in [3.8, 4) is 0 Å². The predicted molar refractivity (Wildman–Crippen MR) is 138 cm³/mol. The van der Waals surface area contributed by atoms with Crippen molar-refractivity contribution in [3.63, 3.8) is 0 Å². The van der Waals surface area contributed by atoms with E-state index in [0.29, 0.717) is 32.4 Å². The summed E-state index contributed by atoms with van der Waals surface area (Å²) in [6.45, 7) is 8.49. The molecule has 0 saturated carbocycles. The van der Waals surface area contributed by atoms with E-state index in [1.807, 2.05) is 30.3 Å². The quantitative estimate of drug-likeness (QED) is 0.248. The smallest absolute Gasteiger partial charge is 0.312 e. The average Bonchev–Trinajstić information content (AvgIpc) is 3.54. The molecule has 37 heavy (non-hydrogen) atoms. The van der Waals surface area contributed by atoms with Crippen molar-refractivity contribution in [2.45, 2.75) is 76.2 Å². The fourth-order valence-electron chi connectivity index (χ4n) is 6.58. The zero-order valence-corrected chi connectivity index (χ0v) is 22.0. The van der Waals surface area contributed by atoms with Crippen LogP contribution in [0.5, 0.6) is 0 Å². The van der Waals surface area contributed by atoms with Crippen LogP contribution >= 0.6 is 0 Å². The molecule has 3 aliphatic heterocycles. The van der Waals surface area contributed by atoms with Crippen LogP contribution in [0.2, 0.25) is 0 Å². The lowest BCUT2D eigenvalue weighted by molar-refractivity contribution is -0.156. The Morgan fingerprint density at radius 2 is 2.05 bits per heavy atom. The van der Waals surface area contributed by atoms with Crippen LogP contribution in [-0.4, -0.2) is 82.8 Å². The first-order chi connectivity index (χ1) is 17.9. The van der Waals surface area contributed by atoms with E-state index in [1.165, 1.54) is 0 Å². The number of rotatable bonds is 13. The standard InChI is InChI=1S/C29H40N2O6/c1-4-7-11-17-30(16-5-2)27(34)25-29-15-14-22(37-29)23(28(35)36-6-3)24(29)26(33)31(25)21(19-32)18-20-12-9-8-10-13-20/h5,8-10,12-13,21-25,32H,2,4,6-7,11,14-19H2,1,3H3/t21-,22-,23+,24+,25?,29?/m1/s1. The summed E-state index contributed by atoms with van der Waals surface area (Å²) in [5, 5.41) is 10.5. The lowest BCUT2D eigenvalue weighted by atomic mass is 9.70. The van der Waals surface area contributed by atoms with Crippen LogP contribution in [0.4, 0.5) is 0 Å². The molecular formula is C29H40N2O6. The van der Waals surface area contributed by atoms with Gasteiger partial charge in [0.05, 0.1) is 37.2 Å². The van der Waals surface area contributed by atoms with Crippen LogP contribution < -0.4 is 0 Å². The minimum atomic E-state index is -1.11. The third kappa shape index (κ3) is 4.93. The van der Waals surface area contributed by atoms with Crippen molar-refractivity contribution < 1.29 is 29.0 Å². The third-order valence-electron chi connectivity index (χ3n) is 8.14. The van der Waals surface area contributed by atoms with Crippen molar-refractivity contribution in [1.82, 2.24) is 9.80 Å². The highest BCUT2D eigenvalue weighted by atomic mass is 16.6. The summed E-state index contributed by atoms with van der Waals surface area (Å²) in [7, 11) is 0. The molecule has 3 fully saturated rings. The first-order valence-corrected chi connectivity index (χ1v) is 13.6. The van der Waals surface area contributed by atoms with Gasteiger partial charge in [0, 0.05) is 13.1 Å². The minimum Gasteiger partial charge on any atom is -0.466 e. The lowest BCUT2D eigenvalue weighted by Crippen LogP contribution is -2.59. The van der Waals surface area contributed by atoms with Gasteiger partial charge >= 0.3 is 5.97 Å².